The van der Waals surface area contributed by atoms with Crippen molar-refractivity contribution in [2.45, 2.75) is 0 Å². The van der Waals surface area contributed by atoms with Crippen molar-refractivity contribution >= 4 is 17.2 Å². The first-order chi connectivity index (χ1) is 8.08. The van der Waals surface area contributed by atoms with Crippen LogP contribution in [0.2, 0.25) is 5.02 Å². The van der Waals surface area contributed by atoms with Gasteiger partial charge in [0.2, 0.25) is 0 Å². The standard InChI is InChI=1S/C14H10ClFO/c1-9(10-2-4-11(15)5-3-10)13-8-12(16)6-7-14(13)17/h2-8,17H,1H2. The zero-order valence-corrected chi connectivity index (χ0v) is 9.71. The molecule has 0 unspecified atom stereocenters. The number of phenolic OH excluding ortho intramolecular Hbond substituents is 1. The van der Waals surface area contributed by atoms with E-state index in [2.05, 4.69) is 6.58 Å². The molecule has 0 aliphatic heterocycles. The number of phenols is 1. The van der Waals surface area contributed by atoms with Crippen molar-refractivity contribution < 1.29 is 9.50 Å². The molecule has 17 heavy (non-hydrogen) atoms. The van der Waals surface area contributed by atoms with Gasteiger partial charge in [-0.1, -0.05) is 30.3 Å². The van der Waals surface area contributed by atoms with Gasteiger partial charge in [0.1, 0.15) is 11.6 Å². The number of aromatic hydroxyl groups is 1. The molecule has 0 fully saturated rings. The molecule has 86 valence electrons. The second kappa shape index (κ2) is 4.60. The second-order valence-electron chi connectivity index (χ2n) is 3.65. The minimum atomic E-state index is -0.409. The van der Waals surface area contributed by atoms with Gasteiger partial charge in [0, 0.05) is 10.6 Å². The summed E-state index contributed by atoms with van der Waals surface area (Å²) < 4.78 is 13.1. The van der Waals surface area contributed by atoms with E-state index >= 15 is 0 Å². The molecular weight excluding hydrogens is 239 g/mol. The van der Waals surface area contributed by atoms with E-state index in [0.29, 0.717) is 16.2 Å². The molecule has 0 aliphatic carbocycles. The van der Waals surface area contributed by atoms with E-state index in [1.165, 1.54) is 18.2 Å². The topological polar surface area (TPSA) is 20.2 Å². The number of halogens is 2. The van der Waals surface area contributed by atoms with Gasteiger partial charge in [-0.3, -0.25) is 0 Å². The Labute approximate surface area is 104 Å². The minimum Gasteiger partial charge on any atom is -0.507 e. The molecule has 0 aliphatic rings. The second-order valence-corrected chi connectivity index (χ2v) is 4.08. The van der Waals surface area contributed by atoms with E-state index in [4.69, 9.17) is 11.6 Å². The predicted molar refractivity (Wildman–Crippen MR) is 67.7 cm³/mol. The Morgan fingerprint density at radius 1 is 1.12 bits per heavy atom. The summed E-state index contributed by atoms with van der Waals surface area (Å²) >= 11 is 5.78. The van der Waals surface area contributed by atoms with E-state index in [0.717, 1.165) is 5.56 Å². The molecule has 0 radical (unpaired) electrons. The van der Waals surface area contributed by atoms with Crippen molar-refractivity contribution in [3.05, 3.63) is 71.0 Å². The molecule has 3 heteroatoms. The first-order valence-electron chi connectivity index (χ1n) is 5.01. The number of rotatable bonds is 2. The van der Waals surface area contributed by atoms with Crippen LogP contribution in [0, 0.1) is 5.82 Å². The highest BCUT2D eigenvalue weighted by Gasteiger charge is 2.08. The molecule has 1 N–H and O–H groups in total. The summed E-state index contributed by atoms with van der Waals surface area (Å²) in [6, 6.07) is 10.8. The fraction of sp³-hybridized carbons (Fsp3) is 0. The maximum absolute atomic E-state index is 13.1. The van der Waals surface area contributed by atoms with Crippen molar-refractivity contribution in [3.8, 4) is 5.75 Å². The third-order valence-electron chi connectivity index (χ3n) is 2.48. The van der Waals surface area contributed by atoms with Crippen molar-refractivity contribution in [1.82, 2.24) is 0 Å². The van der Waals surface area contributed by atoms with Gasteiger partial charge in [-0.25, -0.2) is 4.39 Å². The predicted octanol–water partition coefficient (Wildman–Crippen LogP) is 4.25. The lowest BCUT2D eigenvalue weighted by atomic mass is 9.99. The highest BCUT2D eigenvalue weighted by atomic mass is 35.5. The smallest absolute Gasteiger partial charge is 0.124 e. The van der Waals surface area contributed by atoms with E-state index in [1.54, 1.807) is 24.3 Å². The maximum Gasteiger partial charge on any atom is 0.124 e. The molecule has 0 heterocycles. The summed E-state index contributed by atoms with van der Waals surface area (Å²) in [5.41, 5.74) is 1.72. The van der Waals surface area contributed by atoms with Crippen LogP contribution >= 0.6 is 11.6 Å². The van der Waals surface area contributed by atoms with Crippen LogP contribution in [0.25, 0.3) is 5.57 Å². The number of hydrogen-bond acceptors (Lipinski definition) is 1. The van der Waals surface area contributed by atoms with E-state index in [9.17, 15) is 9.50 Å². The van der Waals surface area contributed by atoms with Crippen LogP contribution in [0.3, 0.4) is 0 Å². The zero-order valence-electron chi connectivity index (χ0n) is 8.95. The average Bonchev–Trinajstić information content (AvgIpc) is 2.32. The van der Waals surface area contributed by atoms with Gasteiger partial charge >= 0.3 is 0 Å². The summed E-state index contributed by atoms with van der Waals surface area (Å²) in [4.78, 5) is 0. The van der Waals surface area contributed by atoms with Crippen LogP contribution in [0.5, 0.6) is 5.75 Å². The molecule has 0 saturated heterocycles. The van der Waals surface area contributed by atoms with Gasteiger partial charge in [-0.05, 0) is 41.5 Å². The maximum atomic E-state index is 13.1. The molecular formula is C14H10ClFO. The largest absolute Gasteiger partial charge is 0.507 e. The van der Waals surface area contributed by atoms with E-state index < -0.39 is 5.82 Å². The Kier molecular flexibility index (Phi) is 3.16. The lowest BCUT2D eigenvalue weighted by molar-refractivity contribution is 0.471. The summed E-state index contributed by atoms with van der Waals surface area (Å²) in [5, 5.41) is 10.3. The average molecular weight is 249 g/mol. The van der Waals surface area contributed by atoms with Crippen LogP contribution in [-0.4, -0.2) is 5.11 Å². The van der Waals surface area contributed by atoms with Gasteiger partial charge < -0.3 is 5.11 Å². The third kappa shape index (κ3) is 2.48. The SMILES string of the molecule is C=C(c1ccc(Cl)cc1)c1cc(F)ccc1O. The molecule has 2 rings (SSSR count). The van der Waals surface area contributed by atoms with Crippen molar-refractivity contribution in [1.29, 1.82) is 0 Å². The van der Waals surface area contributed by atoms with Crippen LogP contribution in [0.15, 0.2) is 49.0 Å². The summed E-state index contributed by atoms with van der Waals surface area (Å²) in [6.07, 6.45) is 0. The fourth-order valence-corrected chi connectivity index (χ4v) is 1.68. The van der Waals surface area contributed by atoms with Gasteiger partial charge in [0.25, 0.3) is 0 Å². The minimum absolute atomic E-state index is 0.00588. The van der Waals surface area contributed by atoms with Gasteiger partial charge in [0.15, 0.2) is 0 Å². The van der Waals surface area contributed by atoms with Gasteiger partial charge in [0.05, 0.1) is 0 Å². The molecule has 0 spiro atoms. The molecule has 1 nitrogen and oxygen atoms in total. The number of hydrogen-bond donors (Lipinski definition) is 1. The van der Waals surface area contributed by atoms with Crippen molar-refractivity contribution in [2.75, 3.05) is 0 Å². The van der Waals surface area contributed by atoms with Crippen LogP contribution in [0.1, 0.15) is 11.1 Å². The Hall–Kier alpha value is -1.80. The molecule has 0 saturated carbocycles. The monoisotopic (exact) mass is 248 g/mol. The highest BCUT2D eigenvalue weighted by Crippen LogP contribution is 2.30. The number of benzene rings is 2. The van der Waals surface area contributed by atoms with Crippen LogP contribution in [-0.2, 0) is 0 Å². The summed E-state index contributed by atoms with van der Waals surface area (Å²) in [6.45, 7) is 3.86. The third-order valence-corrected chi connectivity index (χ3v) is 2.73. The van der Waals surface area contributed by atoms with Crippen LogP contribution in [0.4, 0.5) is 4.39 Å². The Morgan fingerprint density at radius 2 is 1.76 bits per heavy atom. The Bertz CT molecular complexity index is 561. The summed E-state index contributed by atoms with van der Waals surface area (Å²) in [5.74, 6) is -0.403. The van der Waals surface area contributed by atoms with Gasteiger partial charge in [-0.2, -0.15) is 0 Å². The molecule has 2 aromatic carbocycles. The molecule has 0 aromatic heterocycles. The normalized spacial score (nSPS) is 10.2. The highest BCUT2D eigenvalue weighted by molar-refractivity contribution is 6.30. The van der Waals surface area contributed by atoms with E-state index in [1.807, 2.05) is 0 Å². The fourth-order valence-electron chi connectivity index (χ4n) is 1.56. The van der Waals surface area contributed by atoms with E-state index in [-0.39, 0.29) is 5.75 Å². The van der Waals surface area contributed by atoms with Gasteiger partial charge in [-0.15, -0.1) is 0 Å². The lowest BCUT2D eigenvalue weighted by Crippen LogP contribution is -1.88. The summed E-state index contributed by atoms with van der Waals surface area (Å²) in [7, 11) is 0. The molecule has 0 amide bonds. The molecule has 0 atom stereocenters. The lowest BCUT2D eigenvalue weighted by Gasteiger charge is -2.08. The first-order valence-corrected chi connectivity index (χ1v) is 5.39. The molecule has 2 aromatic rings. The Morgan fingerprint density at radius 3 is 2.41 bits per heavy atom. The quantitative estimate of drug-likeness (QED) is 0.843. The first kappa shape index (κ1) is 11.7. The Balaban J connectivity index is 2.43. The van der Waals surface area contributed by atoms with Crippen molar-refractivity contribution in [3.63, 3.8) is 0 Å². The van der Waals surface area contributed by atoms with Crippen LogP contribution < -0.4 is 0 Å². The van der Waals surface area contributed by atoms with Crippen molar-refractivity contribution in [2.24, 2.45) is 0 Å². The zero-order chi connectivity index (χ0) is 12.4. The molecule has 0 bridgehead atoms.